The summed E-state index contributed by atoms with van der Waals surface area (Å²) in [6.45, 7) is 4.46. The second kappa shape index (κ2) is 7.28. The summed E-state index contributed by atoms with van der Waals surface area (Å²) in [6, 6.07) is 12.1. The number of fused-ring (bicyclic) bond motifs is 1. The van der Waals surface area contributed by atoms with E-state index in [9.17, 15) is 4.79 Å². The number of carbonyl (C=O) groups excluding carboxylic acids is 1. The fourth-order valence-electron chi connectivity index (χ4n) is 2.82. The molecule has 27 heavy (non-hydrogen) atoms. The number of aromatic nitrogens is 4. The molecule has 7 heteroatoms. The minimum Gasteiger partial charge on any atom is -0.348 e. The van der Waals surface area contributed by atoms with E-state index >= 15 is 0 Å². The van der Waals surface area contributed by atoms with Gasteiger partial charge in [0, 0.05) is 5.56 Å². The van der Waals surface area contributed by atoms with Crippen molar-refractivity contribution in [1.82, 2.24) is 25.1 Å². The molecule has 4 aromatic rings. The van der Waals surface area contributed by atoms with Gasteiger partial charge in [0.2, 0.25) is 5.91 Å². The number of amides is 1. The van der Waals surface area contributed by atoms with Crippen LogP contribution in [-0.2, 0) is 17.8 Å². The SMILES string of the molecule is Cc1ccc(-c2ccc3nnc(CNC(=O)Cc4ccsc4)n3n2)cc1C. The lowest BCUT2D eigenvalue weighted by Crippen LogP contribution is -2.25. The smallest absolute Gasteiger partial charge is 0.224 e. The molecule has 0 bridgehead atoms. The summed E-state index contributed by atoms with van der Waals surface area (Å²) < 4.78 is 1.69. The van der Waals surface area contributed by atoms with Gasteiger partial charge in [-0.3, -0.25) is 4.79 Å². The van der Waals surface area contributed by atoms with Gasteiger partial charge in [0.1, 0.15) is 0 Å². The van der Waals surface area contributed by atoms with Gasteiger partial charge in [0.25, 0.3) is 0 Å². The normalized spacial score (nSPS) is 11.0. The van der Waals surface area contributed by atoms with Gasteiger partial charge in [0.15, 0.2) is 11.5 Å². The van der Waals surface area contributed by atoms with E-state index in [4.69, 9.17) is 0 Å². The molecule has 1 N–H and O–H groups in total. The number of thiophene rings is 1. The van der Waals surface area contributed by atoms with Gasteiger partial charge in [-0.15, -0.1) is 10.2 Å². The fourth-order valence-corrected chi connectivity index (χ4v) is 3.49. The molecule has 136 valence electrons. The van der Waals surface area contributed by atoms with Gasteiger partial charge in [-0.25, -0.2) is 0 Å². The zero-order chi connectivity index (χ0) is 18.8. The molecule has 6 nitrogen and oxygen atoms in total. The molecule has 0 spiro atoms. The Bertz CT molecular complexity index is 1100. The molecule has 3 heterocycles. The highest BCUT2D eigenvalue weighted by molar-refractivity contribution is 7.08. The molecule has 1 aromatic carbocycles. The highest BCUT2D eigenvalue weighted by Crippen LogP contribution is 2.20. The van der Waals surface area contributed by atoms with Crippen molar-refractivity contribution in [1.29, 1.82) is 0 Å². The number of benzene rings is 1. The van der Waals surface area contributed by atoms with Crippen LogP contribution in [0.1, 0.15) is 22.5 Å². The Kier molecular flexibility index (Phi) is 4.68. The van der Waals surface area contributed by atoms with Crippen molar-refractivity contribution in [3.05, 3.63) is 69.7 Å². The third kappa shape index (κ3) is 3.73. The molecule has 0 aliphatic heterocycles. The Hall–Kier alpha value is -3.06. The zero-order valence-corrected chi connectivity index (χ0v) is 16.0. The Morgan fingerprint density at radius 2 is 2.00 bits per heavy atom. The van der Waals surface area contributed by atoms with E-state index in [1.54, 1.807) is 15.9 Å². The van der Waals surface area contributed by atoms with E-state index in [1.165, 1.54) is 11.1 Å². The lowest BCUT2D eigenvalue weighted by Gasteiger charge is -2.06. The second-order valence-electron chi connectivity index (χ2n) is 6.49. The van der Waals surface area contributed by atoms with Crippen molar-refractivity contribution in [3.8, 4) is 11.3 Å². The Balaban J connectivity index is 1.55. The molecule has 0 aliphatic rings. The average molecular weight is 377 g/mol. The molecule has 1 amide bonds. The Labute approximate surface area is 160 Å². The average Bonchev–Trinajstić information content (AvgIpc) is 3.31. The molecule has 0 saturated heterocycles. The van der Waals surface area contributed by atoms with E-state index < -0.39 is 0 Å². The minimum absolute atomic E-state index is 0.0459. The molecular formula is C20H19N5OS. The third-order valence-corrected chi connectivity index (χ3v) is 5.25. The van der Waals surface area contributed by atoms with E-state index in [1.807, 2.05) is 29.0 Å². The first-order chi connectivity index (χ1) is 13.1. The number of hydrogen-bond donors (Lipinski definition) is 1. The van der Waals surface area contributed by atoms with Crippen LogP contribution in [0.3, 0.4) is 0 Å². The van der Waals surface area contributed by atoms with Crippen molar-refractivity contribution < 1.29 is 4.79 Å². The van der Waals surface area contributed by atoms with E-state index in [0.717, 1.165) is 16.8 Å². The van der Waals surface area contributed by atoms with Crippen LogP contribution in [0.2, 0.25) is 0 Å². The number of carbonyl (C=O) groups is 1. The van der Waals surface area contributed by atoms with Gasteiger partial charge in [-0.1, -0.05) is 12.1 Å². The number of nitrogens with one attached hydrogen (secondary N) is 1. The van der Waals surface area contributed by atoms with Crippen LogP contribution in [0.15, 0.2) is 47.2 Å². The van der Waals surface area contributed by atoms with Crippen molar-refractivity contribution in [2.45, 2.75) is 26.8 Å². The highest BCUT2D eigenvalue weighted by Gasteiger charge is 2.11. The number of hydrogen-bond acceptors (Lipinski definition) is 5. The van der Waals surface area contributed by atoms with Crippen molar-refractivity contribution >= 4 is 22.9 Å². The van der Waals surface area contributed by atoms with Crippen LogP contribution in [0.5, 0.6) is 0 Å². The first-order valence-corrected chi connectivity index (χ1v) is 9.61. The summed E-state index contributed by atoms with van der Waals surface area (Å²) in [5.41, 5.74) is 6.03. The summed E-state index contributed by atoms with van der Waals surface area (Å²) in [5, 5.41) is 19.8. The molecule has 3 aromatic heterocycles. The van der Waals surface area contributed by atoms with Crippen molar-refractivity contribution in [3.63, 3.8) is 0 Å². The molecular weight excluding hydrogens is 358 g/mol. The number of rotatable bonds is 5. The third-order valence-electron chi connectivity index (χ3n) is 4.52. The molecule has 0 fully saturated rings. The monoisotopic (exact) mass is 377 g/mol. The van der Waals surface area contributed by atoms with Crippen LogP contribution in [-0.4, -0.2) is 25.7 Å². The minimum atomic E-state index is -0.0459. The van der Waals surface area contributed by atoms with Crippen LogP contribution in [0.4, 0.5) is 0 Å². The molecule has 0 aliphatic carbocycles. The zero-order valence-electron chi connectivity index (χ0n) is 15.1. The number of nitrogens with zero attached hydrogens (tertiary/aromatic N) is 4. The Morgan fingerprint density at radius 3 is 2.78 bits per heavy atom. The summed E-state index contributed by atoms with van der Waals surface area (Å²) in [7, 11) is 0. The molecule has 0 atom stereocenters. The van der Waals surface area contributed by atoms with E-state index in [-0.39, 0.29) is 12.5 Å². The summed E-state index contributed by atoms with van der Waals surface area (Å²) in [5.74, 6) is 0.560. The topological polar surface area (TPSA) is 72.2 Å². The maximum atomic E-state index is 12.1. The van der Waals surface area contributed by atoms with Crippen molar-refractivity contribution in [2.75, 3.05) is 0 Å². The summed E-state index contributed by atoms with van der Waals surface area (Å²) in [4.78, 5) is 12.1. The standard InChI is InChI=1S/C20H19N5OS/c1-13-3-4-16(9-14(13)2)17-5-6-18-22-23-19(25(18)24-17)11-21-20(26)10-15-7-8-27-12-15/h3-9,12H,10-11H2,1-2H3,(H,21,26). The second-order valence-corrected chi connectivity index (χ2v) is 7.27. The van der Waals surface area contributed by atoms with Crippen molar-refractivity contribution in [2.24, 2.45) is 0 Å². The first kappa shape index (κ1) is 17.4. The largest absolute Gasteiger partial charge is 0.348 e. The maximum Gasteiger partial charge on any atom is 0.224 e. The van der Waals surface area contributed by atoms with E-state index in [2.05, 4.69) is 52.7 Å². The predicted octanol–water partition coefficient (Wildman–Crippen LogP) is 3.33. The predicted molar refractivity (Wildman–Crippen MR) is 106 cm³/mol. The first-order valence-electron chi connectivity index (χ1n) is 8.67. The van der Waals surface area contributed by atoms with E-state index in [0.29, 0.717) is 17.9 Å². The van der Waals surface area contributed by atoms with Gasteiger partial charge in [-0.2, -0.15) is 21.0 Å². The summed E-state index contributed by atoms with van der Waals surface area (Å²) in [6.07, 6.45) is 0.363. The Morgan fingerprint density at radius 1 is 1.11 bits per heavy atom. The van der Waals surface area contributed by atoms with Gasteiger partial charge >= 0.3 is 0 Å². The number of aryl methyl sites for hydroxylation is 2. The molecule has 0 unspecified atom stereocenters. The van der Waals surface area contributed by atoms with Gasteiger partial charge < -0.3 is 5.32 Å². The molecule has 0 radical (unpaired) electrons. The van der Waals surface area contributed by atoms with Crippen LogP contribution >= 0.6 is 11.3 Å². The summed E-state index contributed by atoms with van der Waals surface area (Å²) >= 11 is 1.58. The van der Waals surface area contributed by atoms with Crippen LogP contribution in [0, 0.1) is 13.8 Å². The van der Waals surface area contributed by atoms with Crippen LogP contribution < -0.4 is 5.32 Å². The molecule has 4 rings (SSSR count). The quantitative estimate of drug-likeness (QED) is 0.579. The maximum absolute atomic E-state index is 12.1. The molecule has 0 saturated carbocycles. The fraction of sp³-hybridized carbons (Fsp3) is 0.200. The lowest BCUT2D eigenvalue weighted by atomic mass is 10.0. The van der Waals surface area contributed by atoms with Crippen LogP contribution in [0.25, 0.3) is 16.9 Å². The van der Waals surface area contributed by atoms with Gasteiger partial charge in [0.05, 0.1) is 18.7 Å². The van der Waals surface area contributed by atoms with Gasteiger partial charge in [-0.05, 0) is 65.6 Å². The highest BCUT2D eigenvalue weighted by atomic mass is 32.1. The lowest BCUT2D eigenvalue weighted by molar-refractivity contribution is -0.120.